The van der Waals surface area contributed by atoms with Gasteiger partial charge in [0, 0.05) is 7.11 Å². The molecule has 0 aromatic carbocycles. The molecule has 15 heavy (non-hydrogen) atoms. The van der Waals surface area contributed by atoms with Gasteiger partial charge in [0.15, 0.2) is 6.29 Å². The predicted octanol–water partition coefficient (Wildman–Crippen LogP) is -3.21. The van der Waals surface area contributed by atoms with E-state index in [9.17, 15) is 20.4 Å². The molecule has 0 aliphatic carbocycles. The van der Waals surface area contributed by atoms with Gasteiger partial charge in [0.25, 0.3) is 0 Å². The van der Waals surface area contributed by atoms with Crippen LogP contribution in [0.15, 0.2) is 0 Å². The van der Waals surface area contributed by atoms with Crippen LogP contribution < -0.4 is 0 Å². The van der Waals surface area contributed by atoms with E-state index in [1.165, 1.54) is 7.11 Å². The highest BCUT2D eigenvalue weighted by Gasteiger charge is 2.44. The van der Waals surface area contributed by atoms with E-state index in [1.54, 1.807) is 0 Å². The van der Waals surface area contributed by atoms with Crippen LogP contribution in [-0.4, -0.2) is 76.1 Å². The first-order valence-electron chi connectivity index (χ1n) is 4.54. The summed E-state index contributed by atoms with van der Waals surface area (Å²) < 4.78 is 9.70. The fraction of sp³-hybridized carbons (Fsp3) is 1.00. The second-order valence-corrected chi connectivity index (χ2v) is 3.42. The molecule has 0 aromatic heterocycles. The van der Waals surface area contributed by atoms with E-state index < -0.39 is 43.4 Å². The topological polar surface area (TPSA) is 120 Å². The summed E-state index contributed by atoms with van der Waals surface area (Å²) in [4.78, 5) is 0. The summed E-state index contributed by atoms with van der Waals surface area (Å²) in [5.74, 6) is 0. The summed E-state index contributed by atoms with van der Waals surface area (Å²) in [6, 6.07) is 0. The minimum atomic E-state index is -1.60. The van der Waals surface area contributed by atoms with Crippen molar-refractivity contribution in [3.8, 4) is 0 Å². The maximum absolute atomic E-state index is 9.47. The van der Waals surface area contributed by atoms with Crippen molar-refractivity contribution in [3.63, 3.8) is 0 Å². The lowest BCUT2D eigenvalue weighted by atomic mass is 10.0. The first kappa shape index (κ1) is 12.8. The molecule has 7 nitrogen and oxygen atoms in total. The molecule has 6 atom stereocenters. The second-order valence-electron chi connectivity index (χ2n) is 3.42. The third kappa shape index (κ3) is 2.45. The van der Waals surface area contributed by atoms with Crippen LogP contribution in [0.2, 0.25) is 0 Å². The summed E-state index contributed by atoms with van der Waals surface area (Å²) in [5, 5.41) is 46.6. The molecule has 0 bridgehead atoms. The Morgan fingerprint density at radius 1 is 1.00 bits per heavy atom. The molecule has 0 unspecified atom stereocenters. The standard InChI is InChI=1S/C8H16O7/c1-14-8-7(13)6(12)5(11)4(10)3(2-9)15-8/h3-13H,2H2,1H3/t3-,4-,5+,6-,7-,8+/m1/s1. The van der Waals surface area contributed by atoms with Crippen LogP contribution in [0.3, 0.4) is 0 Å². The second kappa shape index (κ2) is 5.17. The summed E-state index contributed by atoms with van der Waals surface area (Å²) >= 11 is 0. The molecule has 0 aromatic rings. The lowest BCUT2D eigenvalue weighted by Gasteiger charge is -2.23. The zero-order valence-electron chi connectivity index (χ0n) is 8.22. The smallest absolute Gasteiger partial charge is 0.186 e. The molecule has 90 valence electrons. The summed E-state index contributed by atoms with van der Waals surface area (Å²) in [6.45, 7) is -0.558. The van der Waals surface area contributed by atoms with E-state index in [0.29, 0.717) is 0 Å². The van der Waals surface area contributed by atoms with Crippen molar-refractivity contribution >= 4 is 0 Å². The molecule has 1 aliphatic heterocycles. The maximum atomic E-state index is 9.47. The van der Waals surface area contributed by atoms with Crippen molar-refractivity contribution < 1.29 is 35.0 Å². The molecule has 0 spiro atoms. The Kier molecular flexibility index (Phi) is 4.41. The molecule has 1 fully saturated rings. The Balaban J connectivity index is 2.85. The van der Waals surface area contributed by atoms with Crippen LogP contribution in [0.1, 0.15) is 0 Å². The van der Waals surface area contributed by atoms with Gasteiger partial charge in [-0.3, -0.25) is 0 Å². The Bertz CT molecular complexity index is 170. The minimum Gasteiger partial charge on any atom is -0.394 e. The molecule has 1 aliphatic rings. The van der Waals surface area contributed by atoms with E-state index in [0.717, 1.165) is 0 Å². The number of ether oxygens (including phenoxy) is 2. The molecule has 0 saturated carbocycles. The molecule has 7 heteroatoms. The SMILES string of the molecule is CO[C@H]1O[C@H](CO)[C@@H](O)[C@H](O)[C@@H](O)[C@H]1O. The van der Waals surface area contributed by atoms with Gasteiger partial charge in [-0.2, -0.15) is 0 Å². The maximum Gasteiger partial charge on any atom is 0.186 e. The lowest BCUT2D eigenvalue weighted by Crippen LogP contribution is -2.47. The van der Waals surface area contributed by atoms with Gasteiger partial charge >= 0.3 is 0 Å². The van der Waals surface area contributed by atoms with Crippen LogP contribution in [0, 0.1) is 0 Å². The van der Waals surface area contributed by atoms with E-state index in [-0.39, 0.29) is 0 Å². The van der Waals surface area contributed by atoms with Crippen LogP contribution in [0.4, 0.5) is 0 Å². The van der Waals surface area contributed by atoms with Crippen LogP contribution >= 0.6 is 0 Å². The number of aliphatic hydroxyl groups excluding tert-OH is 5. The normalized spacial score (nSPS) is 47.6. The third-order valence-corrected chi connectivity index (χ3v) is 2.43. The molecule has 0 amide bonds. The van der Waals surface area contributed by atoms with Crippen LogP contribution in [-0.2, 0) is 9.47 Å². The average molecular weight is 224 g/mol. The first-order chi connectivity index (χ1) is 7.02. The highest BCUT2D eigenvalue weighted by Crippen LogP contribution is 2.21. The third-order valence-electron chi connectivity index (χ3n) is 2.43. The number of aliphatic hydroxyl groups is 5. The predicted molar refractivity (Wildman–Crippen MR) is 46.8 cm³/mol. The van der Waals surface area contributed by atoms with Gasteiger partial charge in [0.05, 0.1) is 6.61 Å². The Hall–Kier alpha value is -0.280. The van der Waals surface area contributed by atoms with Crippen LogP contribution in [0.5, 0.6) is 0 Å². The molecule has 1 heterocycles. The number of rotatable bonds is 2. The van der Waals surface area contributed by atoms with Crippen LogP contribution in [0.25, 0.3) is 0 Å². The molecular formula is C8H16O7. The number of hydrogen-bond acceptors (Lipinski definition) is 7. The summed E-state index contributed by atoms with van der Waals surface area (Å²) in [5.41, 5.74) is 0. The van der Waals surface area contributed by atoms with Crippen molar-refractivity contribution in [3.05, 3.63) is 0 Å². The van der Waals surface area contributed by atoms with Gasteiger partial charge in [-0.1, -0.05) is 0 Å². The number of hydrogen-bond donors (Lipinski definition) is 5. The lowest BCUT2D eigenvalue weighted by molar-refractivity contribution is -0.221. The van der Waals surface area contributed by atoms with Crippen molar-refractivity contribution in [1.29, 1.82) is 0 Å². The van der Waals surface area contributed by atoms with E-state index >= 15 is 0 Å². The fourth-order valence-electron chi connectivity index (χ4n) is 1.46. The van der Waals surface area contributed by atoms with E-state index in [4.69, 9.17) is 14.6 Å². The number of methoxy groups -OCH3 is 1. The molecule has 0 radical (unpaired) electrons. The highest BCUT2D eigenvalue weighted by molar-refractivity contribution is 4.90. The first-order valence-corrected chi connectivity index (χ1v) is 4.54. The van der Waals surface area contributed by atoms with Gasteiger partial charge in [-0.05, 0) is 0 Å². The molecule has 1 saturated heterocycles. The van der Waals surface area contributed by atoms with Gasteiger partial charge in [-0.15, -0.1) is 0 Å². The highest BCUT2D eigenvalue weighted by atomic mass is 16.7. The van der Waals surface area contributed by atoms with Gasteiger partial charge < -0.3 is 35.0 Å². The van der Waals surface area contributed by atoms with E-state index in [1.807, 2.05) is 0 Å². The van der Waals surface area contributed by atoms with Crippen molar-refractivity contribution in [2.24, 2.45) is 0 Å². The average Bonchev–Trinajstić information content (AvgIpc) is 2.33. The quantitative estimate of drug-likeness (QED) is 0.335. The van der Waals surface area contributed by atoms with Crippen molar-refractivity contribution in [2.45, 2.75) is 36.8 Å². The largest absolute Gasteiger partial charge is 0.394 e. The fourth-order valence-corrected chi connectivity index (χ4v) is 1.46. The van der Waals surface area contributed by atoms with Gasteiger partial charge in [0.1, 0.15) is 30.5 Å². The Morgan fingerprint density at radius 3 is 2.00 bits per heavy atom. The Morgan fingerprint density at radius 2 is 1.53 bits per heavy atom. The molecule has 5 N–H and O–H groups in total. The van der Waals surface area contributed by atoms with Gasteiger partial charge in [-0.25, -0.2) is 0 Å². The van der Waals surface area contributed by atoms with E-state index in [2.05, 4.69) is 0 Å². The monoisotopic (exact) mass is 224 g/mol. The van der Waals surface area contributed by atoms with Crippen molar-refractivity contribution in [1.82, 2.24) is 0 Å². The zero-order chi connectivity index (χ0) is 11.6. The van der Waals surface area contributed by atoms with Crippen molar-refractivity contribution in [2.75, 3.05) is 13.7 Å². The zero-order valence-corrected chi connectivity index (χ0v) is 8.22. The van der Waals surface area contributed by atoms with Gasteiger partial charge in [0.2, 0.25) is 0 Å². The molecule has 1 rings (SSSR count). The summed E-state index contributed by atoms with van der Waals surface area (Å²) in [7, 11) is 1.24. The molecular weight excluding hydrogens is 208 g/mol. The summed E-state index contributed by atoms with van der Waals surface area (Å²) in [6.07, 6.45) is -8.49. The minimum absolute atomic E-state index is 0.558. The Labute approximate surface area is 86.5 Å².